The summed E-state index contributed by atoms with van der Waals surface area (Å²) in [5.41, 5.74) is 6.22. The molecule has 13 nitrogen and oxygen atoms in total. The first-order chi connectivity index (χ1) is 15.5. The lowest BCUT2D eigenvalue weighted by Crippen LogP contribution is -2.33. The zero-order chi connectivity index (χ0) is 22.4. The molecule has 4 aromatic rings. The van der Waals surface area contributed by atoms with Gasteiger partial charge in [-0.3, -0.25) is 19.3 Å². The van der Waals surface area contributed by atoms with Crippen LogP contribution in [-0.4, -0.2) is 64.7 Å². The van der Waals surface area contributed by atoms with Gasteiger partial charge in [0, 0.05) is 11.6 Å². The van der Waals surface area contributed by atoms with Gasteiger partial charge in [-0.2, -0.15) is 4.98 Å². The molecule has 0 spiro atoms. The molecule has 0 radical (unpaired) electrons. The van der Waals surface area contributed by atoms with Gasteiger partial charge in [0.2, 0.25) is 5.95 Å². The van der Waals surface area contributed by atoms with E-state index >= 15 is 0 Å². The van der Waals surface area contributed by atoms with Crippen molar-refractivity contribution >= 4 is 39.7 Å². The number of fused-ring (bicyclic) bond motifs is 2. The molecule has 1 aliphatic heterocycles. The second-order valence-electron chi connectivity index (χ2n) is 7.21. The van der Waals surface area contributed by atoms with E-state index in [1.54, 1.807) is 30.5 Å². The third kappa shape index (κ3) is 3.29. The average molecular weight is 438 g/mol. The van der Waals surface area contributed by atoms with Crippen LogP contribution >= 0.6 is 0 Å². The number of imidazole rings is 1. The van der Waals surface area contributed by atoms with Crippen molar-refractivity contribution in [1.82, 2.24) is 24.5 Å². The predicted octanol–water partition coefficient (Wildman–Crippen LogP) is 0.277. The normalized spacial score (nSPS) is 23.6. The summed E-state index contributed by atoms with van der Waals surface area (Å²) in [5.74, 6) is -0.286. The molecular formula is C19H18N8O5. The molecule has 4 heterocycles. The number of aliphatic hydroxyl groups is 3. The Hall–Kier alpha value is -3.78. The number of nitrogens with zero attached hydrogens (tertiary/aromatic N) is 6. The van der Waals surface area contributed by atoms with Crippen LogP contribution in [0, 0.1) is 0 Å². The third-order valence-corrected chi connectivity index (χ3v) is 5.16. The maximum atomic E-state index is 12.3. The number of H-pyrrole nitrogens is 1. The van der Waals surface area contributed by atoms with E-state index in [0.29, 0.717) is 5.69 Å². The molecule has 1 aliphatic rings. The number of hydrogen-bond acceptors (Lipinski definition) is 11. The number of pyridine rings is 1. The topological polar surface area (TPSA) is 197 Å². The highest BCUT2D eigenvalue weighted by Gasteiger charge is 2.45. The summed E-state index contributed by atoms with van der Waals surface area (Å²) in [5, 5.41) is 39.3. The van der Waals surface area contributed by atoms with Gasteiger partial charge in [0.05, 0.1) is 17.8 Å². The van der Waals surface area contributed by atoms with Crippen LogP contribution in [0.25, 0.3) is 22.1 Å². The Morgan fingerprint density at radius 3 is 2.81 bits per heavy atom. The molecule has 0 amide bonds. The number of ether oxygens (including phenoxy) is 1. The second kappa shape index (κ2) is 7.72. The molecule has 32 heavy (non-hydrogen) atoms. The van der Waals surface area contributed by atoms with Gasteiger partial charge in [0.25, 0.3) is 11.5 Å². The van der Waals surface area contributed by atoms with E-state index in [-0.39, 0.29) is 23.1 Å². The van der Waals surface area contributed by atoms with E-state index in [1.807, 2.05) is 6.07 Å². The quantitative estimate of drug-likeness (QED) is 0.278. The van der Waals surface area contributed by atoms with Crippen molar-refractivity contribution in [3.05, 3.63) is 46.9 Å². The second-order valence-corrected chi connectivity index (χ2v) is 7.21. The van der Waals surface area contributed by atoms with Gasteiger partial charge in [-0.1, -0.05) is 6.07 Å². The number of rotatable bonds is 4. The van der Waals surface area contributed by atoms with Crippen LogP contribution in [0.15, 0.2) is 51.6 Å². The summed E-state index contributed by atoms with van der Waals surface area (Å²) in [6.07, 6.45) is -3.43. The summed E-state index contributed by atoms with van der Waals surface area (Å²) in [6.45, 7) is -0.528. The van der Waals surface area contributed by atoms with Crippen LogP contribution in [0.4, 0.5) is 17.6 Å². The van der Waals surface area contributed by atoms with Crippen LogP contribution in [0.3, 0.4) is 0 Å². The Balaban J connectivity index is 1.63. The van der Waals surface area contributed by atoms with E-state index in [9.17, 15) is 20.1 Å². The Morgan fingerprint density at radius 2 is 2.03 bits per heavy atom. The van der Waals surface area contributed by atoms with Gasteiger partial charge in [0.1, 0.15) is 18.3 Å². The van der Waals surface area contributed by atoms with E-state index in [2.05, 4.69) is 30.2 Å². The summed E-state index contributed by atoms with van der Waals surface area (Å²) < 4.78 is 6.81. The molecule has 4 atom stereocenters. The summed E-state index contributed by atoms with van der Waals surface area (Å²) in [6, 6.07) is 8.94. The number of aromatic amines is 1. The van der Waals surface area contributed by atoms with Crippen molar-refractivity contribution in [3.63, 3.8) is 0 Å². The highest BCUT2D eigenvalue weighted by atomic mass is 16.6. The van der Waals surface area contributed by atoms with Gasteiger partial charge in [-0.15, -0.1) is 10.2 Å². The van der Waals surface area contributed by atoms with E-state index in [4.69, 9.17) is 10.5 Å². The van der Waals surface area contributed by atoms with Crippen LogP contribution in [0.5, 0.6) is 0 Å². The fourth-order valence-corrected chi connectivity index (χ4v) is 3.62. The van der Waals surface area contributed by atoms with E-state index in [1.165, 1.54) is 4.57 Å². The molecule has 1 aromatic carbocycles. The molecule has 0 saturated carbocycles. The monoisotopic (exact) mass is 438 g/mol. The molecular weight excluding hydrogens is 420 g/mol. The minimum Gasteiger partial charge on any atom is -0.394 e. The molecule has 1 fully saturated rings. The summed E-state index contributed by atoms with van der Waals surface area (Å²) in [4.78, 5) is 27.2. The van der Waals surface area contributed by atoms with Gasteiger partial charge < -0.3 is 25.8 Å². The maximum absolute atomic E-state index is 12.3. The fourth-order valence-electron chi connectivity index (χ4n) is 3.62. The van der Waals surface area contributed by atoms with E-state index < -0.39 is 36.7 Å². The Bertz CT molecular complexity index is 1400. The van der Waals surface area contributed by atoms with Gasteiger partial charge in [-0.05, 0) is 24.3 Å². The molecule has 1 saturated heterocycles. The van der Waals surface area contributed by atoms with Gasteiger partial charge >= 0.3 is 0 Å². The summed E-state index contributed by atoms with van der Waals surface area (Å²) >= 11 is 0. The van der Waals surface area contributed by atoms with Crippen molar-refractivity contribution in [2.75, 3.05) is 12.3 Å². The molecule has 164 valence electrons. The molecule has 5 rings (SSSR count). The molecule has 6 N–H and O–H groups in total. The zero-order valence-electron chi connectivity index (χ0n) is 16.4. The molecule has 0 bridgehead atoms. The van der Waals surface area contributed by atoms with Crippen LogP contribution in [-0.2, 0) is 4.74 Å². The predicted molar refractivity (Wildman–Crippen MR) is 111 cm³/mol. The minimum absolute atomic E-state index is 0.0160. The molecule has 13 heteroatoms. The number of benzene rings is 1. The molecule has 1 unspecified atom stereocenters. The van der Waals surface area contributed by atoms with E-state index in [0.717, 1.165) is 10.9 Å². The first-order valence-electron chi connectivity index (χ1n) is 9.63. The summed E-state index contributed by atoms with van der Waals surface area (Å²) in [7, 11) is 0. The molecule has 3 aromatic heterocycles. The van der Waals surface area contributed by atoms with Crippen LogP contribution in [0.1, 0.15) is 6.23 Å². The lowest BCUT2D eigenvalue weighted by atomic mass is 10.1. The SMILES string of the molecule is Nc1nc2c(nc(N=Nc3ccc4ncccc4c3)n2[C@@H]2O[C@H](CO)[C@H](O)C2O)c(=O)[nH]1. The lowest BCUT2D eigenvalue weighted by molar-refractivity contribution is -0.0503. The van der Waals surface area contributed by atoms with Gasteiger partial charge in [-0.25, -0.2) is 4.98 Å². The lowest BCUT2D eigenvalue weighted by Gasteiger charge is -2.17. The van der Waals surface area contributed by atoms with Crippen molar-refractivity contribution in [2.45, 2.75) is 24.5 Å². The fraction of sp³-hybridized carbons (Fsp3) is 0.263. The number of hydrogen-bond donors (Lipinski definition) is 5. The highest BCUT2D eigenvalue weighted by molar-refractivity contribution is 5.81. The Labute approximate surface area is 178 Å². The number of nitrogens with two attached hydrogens (primary N) is 1. The van der Waals surface area contributed by atoms with Crippen LogP contribution < -0.4 is 11.3 Å². The smallest absolute Gasteiger partial charge is 0.280 e. The molecule has 0 aliphatic carbocycles. The van der Waals surface area contributed by atoms with Crippen molar-refractivity contribution in [3.8, 4) is 0 Å². The van der Waals surface area contributed by atoms with Crippen molar-refractivity contribution < 1.29 is 20.1 Å². The standard InChI is InChI=1S/C19H18N8O5/c20-18-23-15-12(16(31)24-18)22-19(27(15)17-14(30)13(29)11(7-28)32-17)26-25-9-3-4-10-8(6-9)2-1-5-21-10/h1-6,11,13-14,17,28-30H,7H2,(H3,20,23,24,31)/t11-,13+,14?,17-/m1/s1. The zero-order valence-corrected chi connectivity index (χ0v) is 16.4. The minimum atomic E-state index is -1.45. The third-order valence-electron chi connectivity index (χ3n) is 5.16. The van der Waals surface area contributed by atoms with Gasteiger partial charge in [0.15, 0.2) is 17.4 Å². The number of nitrogens with one attached hydrogen (secondary N) is 1. The first kappa shape index (κ1) is 20.1. The number of anilines is 1. The largest absolute Gasteiger partial charge is 0.394 e. The van der Waals surface area contributed by atoms with Crippen molar-refractivity contribution in [2.24, 2.45) is 10.2 Å². The average Bonchev–Trinajstić information content (AvgIpc) is 3.29. The first-order valence-corrected chi connectivity index (χ1v) is 9.63. The Morgan fingerprint density at radius 1 is 1.19 bits per heavy atom. The highest BCUT2D eigenvalue weighted by Crippen LogP contribution is 2.35. The number of aromatic nitrogens is 5. The number of azo groups is 1. The Kier molecular flexibility index (Phi) is 4.86. The number of aliphatic hydroxyl groups excluding tert-OH is 3. The van der Waals surface area contributed by atoms with Crippen LogP contribution in [0.2, 0.25) is 0 Å². The maximum Gasteiger partial charge on any atom is 0.280 e. The number of nitrogen functional groups attached to an aromatic ring is 1. The van der Waals surface area contributed by atoms with Crippen molar-refractivity contribution in [1.29, 1.82) is 0 Å².